The number of anilines is 2. The lowest BCUT2D eigenvalue weighted by molar-refractivity contribution is -0.133. The SMILES string of the molecule is C=C1C[C@H]2[C@H](O)N(C(=O)OCc3ccc(NC(=O)[C@H](C)NC(=O)C(NC(=O)COCCOCCNS(=O)(=O)NC(=O)OCC4[C@H]5CCC#CCC[C@@H]45)C(C)C)cc3)c3cc(OCCCOc4cc5c(cc4OC)C(=O)N4CC(C)(C)C[C@H]4C=N5)c(OC)cc3C(=O)N2C1. The van der Waals surface area contributed by atoms with Crippen molar-refractivity contribution in [3.63, 3.8) is 0 Å². The van der Waals surface area contributed by atoms with Gasteiger partial charge in [0.1, 0.15) is 25.3 Å². The Balaban J connectivity index is 0.708. The Hall–Kier alpha value is -8.49. The average molecular weight is 1310 g/mol. The molecular formula is C65H83N9O18S. The van der Waals surface area contributed by atoms with E-state index in [1.54, 1.807) is 50.2 Å². The standard InChI is InChI=1S/C65H83N9O18S/c1-38(2)57(70-56(75)36-88-25-24-87-23-20-67-93(83,84)71-63(81)91-35-48-44-14-11-9-10-12-15-45(44)48)59(77)68-40(4)58(76)69-42-18-16-41(17-19-42)34-92-64(82)74-50-30-55(53(86-8)28-47(50)61(79)72-33-39(3)26-51(72)62(74)80)90-22-13-21-89-54-29-49-46(27-52(54)85-7)60(78)73-37-65(5,6)31-43(73)32-66-49/h16-19,27-30,32,38,40,43-45,48,51,57,62,67,80H,3,11-15,20-26,31,33-37H2,1-2,4-8H3,(H,68,77)(H,69,76)(H,70,75)(H,71,81)/t40-,43-,44-,45+,48?,51-,57?,62-/m0/s1. The predicted molar refractivity (Wildman–Crippen MR) is 339 cm³/mol. The normalized spacial score (nSPS) is 21.5. The largest absolute Gasteiger partial charge is 0.493 e. The van der Waals surface area contributed by atoms with E-state index in [1.165, 1.54) is 38.2 Å². The molecule has 9 rings (SSSR count). The van der Waals surface area contributed by atoms with E-state index in [1.807, 2.05) is 15.8 Å². The van der Waals surface area contributed by atoms with E-state index >= 15 is 0 Å². The van der Waals surface area contributed by atoms with Gasteiger partial charge in [0.15, 0.2) is 29.2 Å². The lowest BCUT2D eigenvalue weighted by Crippen LogP contribution is -2.54. The van der Waals surface area contributed by atoms with Crippen molar-refractivity contribution in [3.05, 3.63) is 77.4 Å². The van der Waals surface area contributed by atoms with Gasteiger partial charge in [-0.3, -0.25) is 29.0 Å². The number of nitrogens with one attached hydrogen (secondary N) is 5. The van der Waals surface area contributed by atoms with E-state index < -0.39 is 82.9 Å². The molecule has 3 fully saturated rings. The number of amides is 7. The van der Waals surface area contributed by atoms with Gasteiger partial charge in [-0.1, -0.05) is 52.0 Å². The summed E-state index contributed by atoms with van der Waals surface area (Å²) >= 11 is 0. The number of aliphatic imine (C=N–C) groups is 1. The first-order valence-electron chi connectivity index (χ1n) is 31.2. The monoisotopic (exact) mass is 1310 g/mol. The van der Waals surface area contributed by atoms with Crippen molar-refractivity contribution in [2.75, 3.05) is 90.3 Å². The number of fused-ring (bicyclic) bond motifs is 5. The van der Waals surface area contributed by atoms with Gasteiger partial charge in [-0.25, -0.2) is 19.2 Å². The minimum atomic E-state index is -4.20. The van der Waals surface area contributed by atoms with Crippen molar-refractivity contribution in [2.24, 2.45) is 34.1 Å². The van der Waals surface area contributed by atoms with E-state index in [9.17, 15) is 47.1 Å². The molecule has 7 amide bonds. The van der Waals surface area contributed by atoms with Gasteiger partial charge in [0.25, 0.3) is 11.8 Å². The van der Waals surface area contributed by atoms with Gasteiger partial charge < -0.3 is 68.8 Å². The molecule has 3 aromatic carbocycles. The molecule has 27 nitrogen and oxygen atoms in total. The Morgan fingerprint density at radius 1 is 0.806 bits per heavy atom. The number of carbonyl (C=O) groups is 7. The third kappa shape index (κ3) is 17.4. The Labute approximate surface area is 541 Å². The van der Waals surface area contributed by atoms with Gasteiger partial charge in [-0.2, -0.15) is 13.1 Å². The minimum Gasteiger partial charge on any atom is -0.493 e. The zero-order chi connectivity index (χ0) is 66.7. The van der Waals surface area contributed by atoms with Crippen molar-refractivity contribution < 1.29 is 85.0 Å². The highest BCUT2D eigenvalue weighted by Crippen LogP contribution is 2.52. The van der Waals surface area contributed by atoms with Crippen LogP contribution in [0, 0.1) is 40.9 Å². The zero-order valence-corrected chi connectivity index (χ0v) is 54.2. The van der Waals surface area contributed by atoms with Gasteiger partial charge in [0, 0.05) is 62.9 Å². The van der Waals surface area contributed by atoms with Crippen LogP contribution < -0.4 is 49.2 Å². The number of aliphatic hydroxyl groups is 1. The van der Waals surface area contributed by atoms with E-state index in [0.717, 1.165) is 37.0 Å². The molecule has 0 aromatic heterocycles. The van der Waals surface area contributed by atoms with E-state index in [0.29, 0.717) is 64.4 Å². The Kier molecular flexibility index (Phi) is 22.6. The number of carbonyl (C=O) groups excluding carboxylic acids is 7. The number of nitrogens with zero attached hydrogens (tertiary/aromatic N) is 4. The molecule has 1 saturated carbocycles. The first kappa shape index (κ1) is 68.9. The smallest absolute Gasteiger partial charge is 0.421 e. The van der Waals surface area contributed by atoms with Crippen molar-refractivity contribution >= 4 is 75.2 Å². The average Bonchev–Trinajstić information content (AvgIpc) is 1.63. The summed E-state index contributed by atoms with van der Waals surface area (Å²) in [6, 6.07) is 9.54. The third-order valence-corrected chi connectivity index (χ3v) is 18.1. The van der Waals surface area contributed by atoms with E-state index in [2.05, 4.69) is 57.9 Å². The van der Waals surface area contributed by atoms with E-state index in [-0.39, 0.29) is 112 Å². The quantitative estimate of drug-likeness (QED) is 0.0302. The fraction of sp³-hybridized carbons (Fsp3) is 0.538. The number of methoxy groups -OCH3 is 2. The molecule has 502 valence electrons. The van der Waals surface area contributed by atoms with Gasteiger partial charge in [-0.05, 0) is 91.5 Å². The summed E-state index contributed by atoms with van der Waals surface area (Å²) in [5.74, 6) is 5.67. The molecule has 2 unspecified atom stereocenters. The van der Waals surface area contributed by atoms with Crippen LogP contribution >= 0.6 is 0 Å². The zero-order valence-electron chi connectivity index (χ0n) is 53.4. The molecule has 2 saturated heterocycles. The van der Waals surface area contributed by atoms with Crippen molar-refractivity contribution in [1.82, 2.24) is 29.9 Å². The molecule has 0 bridgehead atoms. The van der Waals surface area contributed by atoms with Crippen LogP contribution in [0.1, 0.15) is 106 Å². The van der Waals surface area contributed by atoms with Crippen LogP contribution in [0.15, 0.2) is 65.7 Å². The number of rotatable bonds is 28. The number of aliphatic hydroxyl groups excluding tert-OH is 1. The Morgan fingerprint density at radius 2 is 1.46 bits per heavy atom. The first-order valence-corrected chi connectivity index (χ1v) is 32.6. The topological polar surface area (TPSA) is 330 Å². The van der Waals surface area contributed by atoms with Crippen molar-refractivity contribution in [2.45, 2.75) is 117 Å². The van der Waals surface area contributed by atoms with Crippen molar-refractivity contribution in [3.8, 4) is 34.8 Å². The van der Waals surface area contributed by atoms with Crippen molar-refractivity contribution in [1.29, 1.82) is 0 Å². The Bertz CT molecular complexity index is 3500. The molecular weight excluding hydrogens is 1230 g/mol. The van der Waals surface area contributed by atoms with Gasteiger partial charge in [-0.15, -0.1) is 11.8 Å². The number of hydrogen-bond donors (Lipinski definition) is 6. The molecule has 6 N–H and O–H groups in total. The summed E-state index contributed by atoms with van der Waals surface area (Å²) in [5, 5.41) is 19.9. The first-order chi connectivity index (χ1) is 44.4. The maximum atomic E-state index is 14.3. The molecule has 4 aliphatic heterocycles. The number of ether oxygens (including phenoxy) is 8. The van der Waals surface area contributed by atoms with Crippen LogP contribution in [-0.2, 0) is 50.1 Å². The second-order valence-corrected chi connectivity index (χ2v) is 26.4. The molecule has 8 atom stereocenters. The minimum absolute atomic E-state index is 0.00311. The lowest BCUT2D eigenvalue weighted by atomic mass is 9.91. The van der Waals surface area contributed by atoms with Crippen LogP contribution in [0.3, 0.4) is 0 Å². The highest BCUT2D eigenvalue weighted by molar-refractivity contribution is 7.88. The second-order valence-electron chi connectivity index (χ2n) is 24.9. The molecule has 4 heterocycles. The number of hydrogen-bond acceptors (Lipinski definition) is 19. The highest BCUT2D eigenvalue weighted by Gasteiger charge is 2.50. The molecule has 3 aromatic rings. The van der Waals surface area contributed by atoms with Gasteiger partial charge in [0.05, 0.1) is 88.4 Å². The fourth-order valence-electron chi connectivity index (χ4n) is 12.2. The molecule has 0 spiro atoms. The Morgan fingerprint density at radius 3 is 2.14 bits per heavy atom. The summed E-state index contributed by atoms with van der Waals surface area (Å²) in [5.41, 5.74) is 2.48. The summed E-state index contributed by atoms with van der Waals surface area (Å²) in [7, 11) is -1.29. The third-order valence-electron chi connectivity index (χ3n) is 17.1. The summed E-state index contributed by atoms with van der Waals surface area (Å²) < 4.78 is 74.0. The van der Waals surface area contributed by atoms with Crippen LogP contribution in [-0.4, -0.2) is 182 Å². The van der Waals surface area contributed by atoms with Crippen LogP contribution in [0.5, 0.6) is 23.0 Å². The number of benzene rings is 3. The summed E-state index contributed by atoms with van der Waals surface area (Å²) in [4.78, 5) is 103. The molecule has 2 aliphatic carbocycles. The molecule has 93 heavy (non-hydrogen) atoms. The molecule has 0 radical (unpaired) electrons. The predicted octanol–water partition coefficient (Wildman–Crippen LogP) is 5.37. The van der Waals surface area contributed by atoms with Crippen LogP contribution in [0.25, 0.3) is 0 Å². The molecule has 28 heteroatoms. The van der Waals surface area contributed by atoms with Crippen LogP contribution in [0.4, 0.5) is 26.7 Å². The maximum Gasteiger partial charge on any atom is 0.421 e. The van der Waals surface area contributed by atoms with Gasteiger partial charge in [0.2, 0.25) is 17.7 Å². The maximum absolute atomic E-state index is 14.3. The van der Waals surface area contributed by atoms with Crippen LogP contribution in [0.2, 0.25) is 0 Å². The summed E-state index contributed by atoms with van der Waals surface area (Å²) in [6.45, 7) is 13.4. The second kappa shape index (κ2) is 30.5. The van der Waals surface area contributed by atoms with Gasteiger partial charge >= 0.3 is 22.4 Å². The fourth-order valence-corrected chi connectivity index (χ4v) is 12.9. The highest BCUT2D eigenvalue weighted by atomic mass is 32.2. The summed E-state index contributed by atoms with van der Waals surface area (Å²) in [6.07, 6.45) is 3.08. The van der Waals surface area contributed by atoms with E-state index in [4.69, 9.17) is 37.9 Å². The molecule has 6 aliphatic rings. The lowest BCUT2D eigenvalue weighted by Gasteiger charge is -2.31.